The zero-order valence-corrected chi connectivity index (χ0v) is 22.4. The van der Waals surface area contributed by atoms with Gasteiger partial charge in [-0.1, -0.05) is 79.5 Å². The number of allylic oxidation sites excluding steroid dienone is 7. The van der Waals surface area contributed by atoms with Gasteiger partial charge in [0.25, 0.3) is 0 Å². The molecular weight excluding hydrogens is 450 g/mol. The predicted octanol–water partition coefficient (Wildman–Crippen LogP) is 5.21. The molecule has 2 aliphatic heterocycles. The lowest BCUT2D eigenvalue weighted by Crippen LogP contribution is -2.51. The van der Waals surface area contributed by atoms with E-state index in [9.17, 15) is 9.90 Å². The van der Waals surface area contributed by atoms with Gasteiger partial charge in [0.05, 0.1) is 24.9 Å². The number of esters is 1. The summed E-state index contributed by atoms with van der Waals surface area (Å²) < 4.78 is 11.5. The lowest BCUT2D eigenvalue weighted by molar-refractivity contribution is -0.141. The summed E-state index contributed by atoms with van der Waals surface area (Å²) in [6.07, 6.45) is 25.8. The van der Waals surface area contributed by atoms with Crippen LogP contribution in [0.5, 0.6) is 0 Å². The van der Waals surface area contributed by atoms with Crippen molar-refractivity contribution in [2.24, 2.45) is 11.8 Å². The van der Waals surface area contributed by atoms with Crippen molar-refractivity contribution in [3.8, 4) is 12.3 Å². The summed E-state index contributed by atoms with van der Waals surface area (Å²) in [5, 5.41) is 14.2. The van der Waals surface area contributed by atoms with Crippen LogP contribution < -0.4 is 5.32 Å². The van der Waals surface area contributed by atoms with Gasteiger partial charge in [0.15, 0.2) is 0 Å². The third-order valence-electron chi connectivity index (χ3n) is 6.54. The molecule has 0 aromatic heterocycles. The molecule has 5 nitrogen and oxygen atoms in total. The molecule has 2 aliphatic rings. The van der Waals surface area contributed by atoms with E-state index in [2.05, 4.69) is 51.1 Å². The minimum absolute atomic E-state index is 0.0593. The van der Waals surface area contributed by atoms with Crippen LogP contribution >= 0.6 is 0 Å². The van der Waals surface area contributed by atoms with E-state index < -0.39 is 6.10 Å². The highest BCUT2D eigenvalue weighted by Crippen LogP contribution is 2.28. The van der Waals surface area contributed by atoms with Gasteiger partial charge in [-0.15, -0.1) is 6.42 Å². The molecule has 2 rings (SSSR count). The second-order valence-electron chi connectivity index (χ2n) is 9.90. The first-order valence-corrected chi connectivity index (χ1v) is 12.9. The maximum atomic E-state index is 11.3. The van der Waals surface area contributed by atoms with Gasteiger partial charge < -0.3 is 19.9 Å². The number of hydrogen-bond donors (Lipinski definition) is 2. The molecule has 0 spiro atoms. The molecular formula is C31H43NO4. The Morgan fingerprint density at radius 3 is 2.83 bits per heavy atom. The van der Waals surface area contributed by atoms with E-state index in [1.807, 2.05) is 49.5 Å². The van der Waals surface area contributed by atoms with Crippen molar-refractivity contribution >= 4 is 5.97 Å². The molecule has 7 atom stereocenters. The number of ether oxygens (including phenoxy) is 2. The van der Waals surface area contributed by atoms with Gasteiger partial charge in [0.1, 0.15) is 6.10 Å². The molecule has 5 heteroatoms. The summed E-state index contributed by atoms with van der Waals surface area (Å²) in [6, 6.07) is 0.188. The molecule has 0 aromatic rings. The average Bonchev–Trinajstić information content (AvgIpc) is 2.83. The fraction of sp³-hybridized carbons (Fsp3) is 0.516. The Bertz CT molecular complexity index is 933. The number of hydrogen-bond acceptors (Lipinski definition) is 5. The van der Waals surface area contributed by atoms with E-state index in [1.54, 1.807) is 0 Å². The van der Waals surface area contributed by atoms with Gasteiger partial charge in [0, 0.05) is 24.5 Å². The minimum Gasteiger partial charge on any atom is -0.455 e. The predicted molar refractivity (Wildman–Crippen MR) is 147 cm³/mol. The Kier molecular flexibility index (Phi) is 12.7. The maximum absolute atomic E-state index is 11.3. The Hall–Kier alpha value is -2.65. The van der Waals surface area contributed by atoms with Gasteiger partial charge in [-0.3, -0.25) is 0 Å². The molecule has 36 heavy (non-hydrogen) atoms. The fourth-order valence-corrected chi connectivity index (χ4v) is 4.67. The largest absolute Gasteiger partial charge is 0.455 e. The fourth-order valence-electron chi connectivity index (χ4n) is 4.67. The number of aliphatic hydroxyl groups is 1. The first-order chi connectivity index (χ1) is 17.2. The summed E-state index contributed by atoms with van der Waals surface area (Å²) in [5.41, 5.74) is 2.36. The van der Waals surface area contributed by atoms with Gasteiger partial charge in [-0.05, 0) is 45.6 Å². The van der Waals surface area contributed by atoms with Crippen LogP contribution in [-0.4, -0.2) is 48.1 Å². The molecule has 2 N–H and O–H groups in total. The van der Waals surface area contributed by atoms with E-state index in [0.29, 0.717) is 25.3 Å². The standard InChI is InChI=1S/C31H43NO4/c1-7-11-29-25(6)27(32-18-8-2)21-30(36-29)28(33)14-9-12-22(3)19-24(5)20-23(4)16-17-26-13-10-15-31(34)35-26/h2,7,9-12,14-17,20,24-30,32-33H,13,18-19,21H2,1,3-6H3/b11-7+,14-9+,17-16+,22-12+,23-20-/t24?,25-,26+,27?,28?,29-,30?/m0/s1. The average molecular weight is 494 g/mol. The summed E-state index contributed by atoms with van der Waals surface area (Å²) in [6.45, 7) is 11.0. The Morgan fingerprint density at radius 1 is 1.36 bits per heavy atom. The third-order valence-corrected chi connectivity index (χ3v) is 6.54. The number of carbonyl (C=O) groups is 1. The molecule has 2 heterocycles. The van der Waals surface area contributed by atoms with Crippen molar-refractivity contribution in [2.75, 3.05) is 6.54 Å². The topological polar surface area (TPSA) is 67.8 Å². The zero-order chi connectivity index (χ0) is 26.5. The Morgan fingerprint density at radius 2 is 2.14 bits per heavy atom. The van der Waals surface area contributed by atoms with Crippen LogP contribution in [-0.2, 0) is 14.3 Å². The lowest BCUT2D eigenvalue weighted by atomic mass is 9.86. The van der Waals surface area contributed by atoms with Crippen LogP contribution in [0.25, 0.3) is 0 Å². The molecule has 0 amide bonds. The van der Waals surface area contributed by atoms with Gasteiger partial charge in [-0.2, -0.15) is 0 Å². The highest BCUT2D eigenvalue weighted by Gasteiger charge is 2.36. The van der Waals surface area contributed by atoms with E-state index in [0.717, 1.165) is 12.0 Å². The first-order valence-electron chi connectivity index (χ1n) is 12.9. The summed E-state index contributed by atoms with van der Waals surface area (Å²) in [4.78, 5) is 11.3. The Balaban J connectivity index is 1.90. The zero-order valence-electron chi connectivity index (χ0n) is 22.4. The maximum Gasteiger partial charge on any atom is 0.331 e. The first kappa shape index (κ1) is 29.6. The summed E-state index contributed by atoms with van der Waals surface area (Å²) >= 11 is 0. The van der Waals surface area contributed by atoms with E-state index in [4.69, 9.17) is 15.9 Å². The van der Waals surface area contributed by atoms with Crippen molar-refractivity contribution in [1.82, 2.24) is 5.32 Å². The van der Waals surface area contributed by atoms with E-state index in [-0.39, 0.29) is 36.2 Å². The number of terminal acetylenes is 1. The number of nitrogens with one attached hydrogen (secondary N) is 1. The number of aliphatic hydroxyl groups excluding tert-OH is 1. The van der Waals surface area contributed by atoms with Gasteiger partial charge in [0.2, 0.25) is 0 Å². The van der Waals surface area contributed by atoms with Gasteiger partial charge >= 0.3 is 5.97 Å². The summed E-state index contributed by atoms with van der Waals surface area (Å²) in [7, 11) is 0. The molecule has 4 unspecified atom stereocenters. The third kappa shape index (κ3) is 10.1. The number of rotatable bonds is 11. The van der Waals surface area contributed by atoms with Crippen LogP contribution in [0, 0.1) is 24.2 Å². The molecule has 0 aliphatic carbocycles. The van der Waals surface area contributed by atoms with E-state index >= 15 is 0 Å². The van der Waals surface area contributed by atoms with Crippen molar-refractivity contribution in [3.05, 3.63) is 71.9 Å². The van der Waals surface area contributed by atoms with Gasteiger partial charge in [-0.25, -0.2) is 4.79 Å². The second kappa shape index (κ2) is 15.5. The van der Waals surface area contributed by atoms with Crippen LogP contribution in [0.2, 0.25) is 0 Å². The van der Waals surface area contributed by atoms with Crippen LogP contribution in [0.4, 0.5) is 0 Å². The molecule has 0 bridgehead atoms. The van der Waals surface area contributed by atoms with Crippen molar-refractivity contribution in [1.29, 1.82) is 0 Å². The number of cyclic esters (lactones) is 1. The van der Waals surface area contributed by atoms with Crippen LogP contribution in [0.15, 0.2) is 71.9 Å². The Labute approximate surface area is 217 Å². The minimum atomic E-state index is -0.696. The number of carbonyl (C=O) groups excluding carboxylic acids is 1. The summed E-state index contributed by atoms with van der Waals surface area (Å²) in [5.74, 6) is 2.98. The molecule has 0 aromatic carbocycles. The monoisotopic (exact) mass is 493 g/mol. The normalized spacial score (nSPS) is 29.6. The van der Waals surface area contributed by atoms with Crippen molar-refractivity contribution < 1.29 is 19.4 Å². The molecule has 0 radical (unpaired) electrons. The smallest absolute Gasteiger partial charge is 0.331 e. The quantitative estimate of drug-likeness (QED) is 0.179. The molecule has 1 saturated heterocycles. The highest BCUT2D eigenvalue weighted by molar-refractivity contribution is 5.82. The van der Waals surface area contributed by atoms with Crippen molar-refractivity contribution in [2.45, 2.75) is 84.3 Å². The second-order valence-corrected chi connectivity index (χ2v) is 9.90. The van der Waals surface area contributed by atoms with Crippen LogP contribution in [0.3, 0.4) is 0 Å². The molecule has 0 saturated carbocycles. The molecule has 196 valence electrons. The van der Waals surface area contributed by atoms with Crippen LogP contribution in [0.1, 0.15) is 53.9 Å². The molecule has 1 fully saturated rings. The van der Waals surface area contributed by atoms with Crippen molar-refractivity contribution in [3.63, 3.8) is 0 Å². The van der Waals surface area contributed by atoms with E-state index in [1.165, 1.54) is 11.6 Å². The SMILES string of the molecule is C#CCNC1CC(C(O)/C=C/C=C(\C)CC(C)/C=C(C)\C=C\[C@H]2CC=CC(=O)O2)O[C@@H](/C=C/C)[C@H]1C. The highest BCUT2D eigenvalue weighted by atomic mass is 16.5. The lowest BCUT2D eigenvalue weighted by Gasteiger charge is -2.41.